The second-order valence-electron chi connectivity index (χ2n) is 4.78. The average Bonchev–Trinajstić information content (AvgIpc) is 2.86. The SMILES string of the molecule is Cc1nnc2c(NCCCCN)nc3ccccc3n12. The molecule has 0 amide bonds. The summed E-state index contributed by atoms with van der Waals surface area (Å²) in [6.07, 6.45) is 2.02. The van der Waals surface area contributed by atoms with Gasteiger partial charge >= 0.3 is 0 Å². The van der Waals surface area contributed by atoms with Gasteiger partial charge in [-0.3, -0.25) is 4.40 Å². The van der Waals surface area contributed by atoms with Gasteiger partial charge in [0.2, 0.25) is 5.65 Å². The summed E-state index contributed by atoms with van der Waals surface area (Å²) in [6.45, 7) is 3.50. The number of aromatic nitrogens is 4. The van der Waals surface area contributed by atoms with Crippen LogP contribution in [0.5, 0.6) is 0 Å². The van der Waals surface area contributed by atoms with Crippen molar-refractivity contribution in [2.75, 3.05) is 18.4 Å². The highest BCUT2D eigenvalue weighted by Crippen LogP contribution is 2.21. The molecule has 2 heterocycles. The zero-order valence-electron chi connectivity index (χ0n) is 11.5. The number of aryl methyl sites for hydroxylation is 1. The summed E-state index contributed by atoms with van der Waals surface area (Å²) in [5, 5.41) is 11.7. The van der Waals surface area contributed by atoms with Crippen LogP contribution in [0.2, 0.25) is 0 Å². The Morgan fingerprint density at radius 3 is 2.90 bits per heavy atom. The zero-order valence-corrected chi connectivity index (χ0v) is 11.5. The van der Waals surface area contributed by atoms with Crippen molar-refractivity contribution in [2.24, 2.45) is 5.73 Å². The Morgan fingerprint density at radius 1 is 1.20 bits per heavy atom. The molecule has 3 rings (SSSR count). The highest BCUT2D eigenvalue weighted by molar-refractivity contribution is 5.82. The molecule has 6 heteroatoms. The van der Waals surface area contributed by atoms with E-state index in [4.69, 9.17) is 5.73 Å². The van der Waals surface area contributed by atoms with Gasteiger partial charge in [0.05, 0.1) is 11.0 Å². The molecule has 0 saturated heterocycles. The number of para-hydroxylation sites is 2. The van der Waals surface area contributed by atoms with Gasteiger partial charge in [-0.15, -0.1) is 10.2 Å². The molecule has 0 atom stereocenters. The molecule has 0 aliphatic carbocycles. The number of hydrogen-bond acceptors (Lipinski definition) is 5. The van der Waals surface area contributed by atoms with Crippen LogP contribution in [0.25, 0.3) is 16.7 Å². The fraction of sp³-hybridized carbons (Fsp3) is 0.357. The highest BCUT2D eigenvalue weighted by atomic mass is 15.3. The first-order chi connectivity index (χ1) is 9.81. The molecule has 0 bridgehead atoms. The Kier molecular flexibility index (Phi) is 3.47. The van der Waals surface area contributed by atoms with Crippen LogP contribution in [0, 0.1) is 6.92 Å². The first-order valence-electron chi connectivity index (χ1n) is 6.85. The van der Waals surface area contributed by atoms with E-state index in [0.717, 1.165) is 47.7 Å². The Balaban J connectivity index is 2.06. The molecule has 0 aliphatic heterocycles. The number of rotatable bonds is 5. The minimum Gasteiger partial charge on any atom is -0.367 e. The molecule has 6 nitrogen and oxygen atoms in total. The summed E-state index contributed by atoms with van der Waals surface area (Å²) in [5.41, 5.74) is 8.24. The second kappa shape index (κ2) is 5.42. The molecule has 3 N–H and O–H groups in total. The Morgan fingerprint density at radius 2 is 2.05 bits per heavy atom. The van der Waals surface area contributed by atoms with E-state index in [1.807, 2.05) is 35.6 Å². The van der Waals surface area contributed by atoms with Crippen molar-refractivity contribution in [1.82, 2.24) is 19.6 Å². The van der Waals surface area contributed by atoms with Gasteiger partial charge < -0.3 is 11.1 Å². The minimum absolute atomic E-state index is 0.715. The Hall–Kier alpha value is -2.21. The van der Waals surface area contributed by atoms with E-state index in [-0.39, 0.29) is 0 Å². The normalized spacial score (nSPS) is 11.3. The minimum atomic E-state index is 0.715. The van der Waals surface area contributed by atoms with Gasteiger partial charge in [-0.25, -0.2) is 4.98 Å². The van der Waals surface area contributed by atoms with Crippen molar-refractivity contribution < 1.29 is 0 Å². The number of nitrogens with two attached hydrogens (primary N) is 1. The number of anilines is 1. The van der Waals surface area contributed by atoms with Crippen LogP contribution in [0.15, 0.2) is 24.3 Å². The van der Waals surface area contributed by atoms with Gasteiger partial charge in [0, 0.05) is 6.54 Å². The van der Waals surface area contributed by atoms with E-state index in [1.165, 1.54) is 0 Å². The summed E-state index contributed by atoms with van der Waals surface area (Å²) >= 11 is 0. The fourth-order valence-electron chi connectivity index (χ4n) is 2.32. The van der Waals surface area contributed by atoms with E-state index in [1.54, 1.807) is 0 Å². The molecule has 0 spiro atoms. The first kappa shape index (κ1) is 12.8. The van der Waals surface area contributed by atoms with Crippen LogP contribution in [0.4, 0.5) is 5.82 Å². The maximum Gasteiger partial charge on any atom is 0.204 e. The second-order valence-corrected chi connectivity index (χ2v) is 4.78. The third-order valence-corrected chi connectivity index (χ3v) is 3.31. The summed E-state index contributed by atoms with van der Waals surface area (Å²) in [6, 6.07) is 8.01. The van der Waals surface area contributed by atoms with Gasteiger partial charge in [0.25, 0.3) is 0 Å². The number of nitrogens with zero attached hydrogens (tertiary/aromatic N) is 4. The summed E-state index contributed by atoms with van der Waals surface area (Å²) in [5.74, 6) is 1.64. The number of benzene rings is 1. The molecule has 3 aromatic rings. The Labute approximate surface area is 117 Å². The number of hydrogen-bond donors (Lipinski definition) is 2. The van der Waals surface area contributed by atoms with E-state index in [9.17, 15) is 0 Å². The predicted octanol–water partition coefficient (Wildman–Crippen LogP) is 1.74. The predicted molar refractivity (Wildman–Crippen MR) is 79.8 cm³/mol. The quantitative estimate of drug-likeness (QED) is 0.690. The van der Waals surface area contributed by atoms with Crippen LogP contribution in [0.3, 0.4) is 0 Å². The third kappa shape index (κ3) is 2.18. The molecule has 20 heavy (non-hydrogen) atoms. The van der Waals surface area contributed by atoms with Crippen LogP contribution >= 0.6 is 0 Å². The van der Waals surface area contributed by atoms with Crippen molar-refractivity contribution in [3.8, 4) is 0 Å². The Bertz CT molecular complexity index is 733. The lowest BCUT2D eigenvalue weighted by Crippen LogP contribution is -2.08. The average molecular weight is 270 g/mol. The van der Waals surface area contributed by atoms with Crippen LogP contribution in [-0.4, -0.2) is 32.7 Å². The fourth-order valence-corrected chi connectivity index (χ4v) is 2.32. The van der Waals surface area contributed by atoms with Gasteiger partial charge in [0.1, 0.15) is 5.82 Å². The lowest BCUT2D eigenvalue weighted by Gasteiger charge is -2.09. The van der Waals surface area contributed by atoms with E-state index in [2.05, 4.69) is 20.5 Å². The van der Waals surface area contributed by atoms with Gasteiger partial charge in [0.15, 0.2) is 5.82 Å². The van der Waals surface area contributed by atoms with Crippen LogP contribution in [0.1, 0.15) is 18.7 Å². The summed E-state index contributed by atoms with van der Waals surface area (Å²) in [7, 11) is 0. The number of nitrogens with one attached hydrogen (secondary N) is 1. The van der Waals surface area contributed by atoms with E-state index < -0.39 is 0 Å². The van der Waals surface area contributed by atoms with Crippen molar-refractivity contribution >= 4 is 22.5 Å². The standard InChI is InChI=1S/C14H18N6/c1-10-18-19-14-13(16-9-5-4-8-15)17-11-6-2-3-7-12(11)20(10)14/h2-3,6-7H,4-5,8-9,15H2,1H3,(H,16,17). The zero-order chi connectivity index (χ0) is 13.9. The maximum absolute atomic E-state index is 5.51. The van der Waals surface area contributed by atoms with E-state index >= 15 is 0 Å². The third-order valence-electron chi connectivity index (χ3n) is 3.31. The molecule has 0 aliphatic rings. The van der Waals surface area contributed by atoms with Crippen molar-refractivity contribution in [1.29, 1.82) is 0 Å². The molecule has 104 valence electrons. The lowest BCUT2D eigenvalue weighted by atomic mass is 10.3. The molecule has 0 saturated carbocycles. The number of unbranched alkanes of at least 4 members (excludes halogenated alkanes) is 1. The molecule has 0 radical (unpaired) electrons. The summed E-state index contributed by atoms with van der Waals surface area (Å²) < 4.78 is 2.04. The molecule has 2 aromatic heterocycles. The first-order valence-corrected chi connectivity index (χ1v) is 6.85. The molecule has 1 aromatic carbocycles. The number of fused-ring (bicyclic) bond motifs is 3. The van der Waals surface area contributed by atoms with Crippen molar-refractivity contribution in [2.45, 2.75) is 19.8 Å². The van der Waals surface area contributed by atoms with Crippen molar-refractivity contribution in [3.63, 3.8) is 0 Å². The topological polar surface area (TPSA) is 81.1 Å². The monoisotopic (exact) mass is 270 g/mol. The highest BCUT2D eigenvalue weighted by Gasteiger charge is 2.11. The molecule has 0 unspecified atom stereocenters. The van der Waals surface area contributed by atoms with Gasteiger partial charge in [-0.1, -0.05) is 12.1 Å². The van der Waals surface area contributed by atoms with Crippen LogP contribution < -0.4 is 11.1 Å². The molecular weight excluding hydrogens is 252 g/mol. The van der Waals surface area contributed by atoms with Crippen molar-refractivity contribution in [3.05, 3.63) is 30.1 Å². The molecule has 0 fully saturated rings. The summed E-state index contributed by atoms with van der Waals surface area (Å²) in [4.78, 5) is 4.65. The molecular formula is C14H18N6. The smallest absolute Gasteiger partial charge is 0.204 e. The van der Waals surface area contributed by atoms with Gasteiger partial charge in [-0.2, -0.15) is 0 Å². The largest absolute Gasteiger partial charge is 0.367 e. The van der Waals surface area contributed by atoms with E-state index in [0.29, 0.717) is 6.54 Å². The maximum atomic E-state index is 5.51. The van der Waals surface area contributed by atoms with Gasteiger partial charge in [-0.05, 0) is 38.4 Å². The van der Waals surface area contributed by atoms with Crippen LogP contribution in [-0.2, 0) is 0 Å². The lowest BCUT2D eigenvalue weighted by molar-refractivity contribution is 0.772.